The first-order chi connectivity index (χ1) is 10.4. The van der Waals surface area contributed by atoms with Gasteiger partial charge < -0.3 is 14.6 Å². The van der Waals surface area contributed by atoms with Crippen molar-refractivity contribution in [2.45, 2.75) is 25.8 Å². The summed E-state index contributed by atoms with van der Waals surface area (Å²) in [6.45, 7) is 5.05. The number of ether oxygens (including phenoxy) is 1. The molecule has 112 valence electrons. The Balaban J connectivity index is 1.65. The molecule has 5 heteroatoms. The van der Waals surface area contributed by atoms with Crippen LogP contribution in [0.25, 0.3) is 11.2 Å². The summed E-state index contributed by atoms with van der Waals surface area (Å²) in [6.07, 6.45) is 5.28. The second kappa shape index (κ2) is 5.73. The van der Waals surface area contributed by atoms with E-state index in [1.165, 1.54) is 12.2 Å². The molecule has 4 heterocycles. The van der Waals surface area contributed by atoms with E-state index >= 15 is 0 Å². The molecule has 0 saturated carbocycles. The van der Waals surface area contributed by atoms with Gasteiger partial charge in [0.2, 0.25) is 0 Å². The van der Waals surface area contributed by atoms with Gasteiger partial charge in [-0.05, 0) is 49.9 Å². The van der Waals surface area contributed by atoms with Gasteiger partial charge in [-0.1, -0.05) is 0 Å². The minimum Gasteiger partial charge on any atom is -0.381 e. The Morgan fingerprint density at radius 1 is 1.33 bits per heavy atom. The summed E-state index contributed by atoms with van der Waals surface area (Å²) in [5.41, 5.74) is 2.07. The van der Waals surface area contributed by atoms with Crippen molar-refractivity contribution in [1.82, 2.24) is 19.9 Å². The molecule has 0 bridgehead atoms. The fourth-order valence-corrected chi connectivity index (χ4v) is 3.48. The maximum absolute atomic E-state index is 5.51. The quantitative estimate of drug-likeness (QED) is 0.928. The van der Waals surface area contributed by atoms with E-state index in [-0.39, 0.29) is 0 Å². The fraction of sp³-hybridized carbons (Fsp3) is 0.625. The summed E-state index contributed by atoms with van der Waals surface area (Å²) in [4.78, 5) is 9.41. The van der Waals surface area contributed by atoms with Gasteiger partial charge in [-0.25, -0.2) is 9.97 Å². The van der Waals surface area contributed by atoms with Gasteiger partial charge in [0.25, 0.3) is 0 Å². The zero-order valence-corrected chi connectivity index (χ0v) is 12.3. The number of hydrogen-bond donors (Lipinski definition) is 1. The van der Waals surface area contributed by atoms with Gasteiger partial charge in [0, 0.05) is 32.4 Å². The van der Waals surface area contributed by atoms with Crippen LogP contribution in [0.15, 0.2) is 18.3 Å². The Kier molecular flexibility index (Phi) is 3.61. The minimum atomic E-state index is 0.613. The third-order valence-electron chi connectivity index (χ3n) is 4.68. The van der Waals surface area contributed by atoms with Crippen molar-refractivity contribution < 1.29 is 4.74 Å². The van der Waals surface area contributed by atoms with Crippen LogP contribution in [0.2, 0.25) is 0 Å². The number of fused-ring (bicyclic) bond motifs is 1. The third-order valence-corrected chi connectivity index (χ3v) is 4.68. The second-order valence-electron chi connectivity index (χ2n) is 6.28. The maximum atomic E-state index is 5.51. The molecule has 21 heavy (non-hydrogen) atoms. The molecule has 2 fully saturated rings. The van der Waals surface area contributed by atoms with Crippen LogP contribution in [0.4, 0.5) is 0 Å². The van der Waals surface area contributed by atoms with Gasteiger partial charge in [0.15, 0.2) is 5.65 Å². The van der Waals surface area contributed by atoms with Gasteiger partial charge in [0.05, 0.1) is 0 Å². The number of imidazole rings is 1. The zero-order chi connectivity index (χ0) is 14.1. The Labute approximate surface area is 124 Å². The Bertz CT molecular complexity index is 612. The molecule has 0 amide bonds. The van der Waals surface area contributed by atoms with Crippen molar-refractivity contribution in [3.05, 3.63) is 24.2 Å². The van der Waals surface area contributed by atoms with Crippen molar-refractivity contribution in [3.63, 3.8) is 0 Å². The van der Waals surface area contributed by atoms with Crippen LogP contribution >= 0.6 is 0 Å². The predicted octanol–water partition coefficient (Wildman–Crippen LogP) is 1.62. The summed E-state index contributed by atoms with van der Waals surface area (Å²) in [5, 5.41) is 3.45. The van der Waals surface area contributed by atoms with E-state index in [4.69, 9.17) is 9.72 Å². The fourth-order valence-electron chi connectivity index (χ4n) is 3.48. The van der Waals surface area contributed by atoms with E-state index in [1.54, 1.807) is 0 Å². The first-order valence-electron chi connectivity index (χ1n) is 7.99. The number of aromatic nitrogens is 3. The first kappa shape index (κ1) is 13.2. The molecule has 0 aromatic carbocycles. The summed E-state index contributed by atoms with van der Waals surface area (Å²) in [5.74, 6) is 2.50. The highest BCUT2D eigenvalue weighted by molar-refractivity contribution is 5.71. The lowest BCUT2D eigenvalue weighted by atomic mass is 10.0. The normalized spacial score (nSPS) is 25.9. The van der Waals surface area contributed by atoms with Crippen molar-refractivity contribution in [2.24, 2.45) is 11.8 Å². The van der Waals surface area contributed by atoms with Crippen LogP contribution in [-0.4, -0.2) is 40.8 Å². The van der Waals surface area contributed by atoms with E-state index in [9.17, 15) is 0 Å². The molecule has 0 aliphatic carbocycles. The lowest BCUT2D eigenvalue weighted by Crippen LogP contribution is -2.18. The van der Waals surface area contributed by atoms with E-state index in [1.807, 2.05) is 12.3 Å². The number of nitrogens with zero attached hydrogens (tertiary/aromatic N) is 3. The van der Waals surface area contributed by atoms with Crippen LogP contribution < -0.4 is 5.32 Å². The molecule has 1 N–H and O–H groups in total. The Hall–Kier alpha value is -1.46. The summed E-state index contributed by atoms with van der Waals surface area (Å²) >= 11 is 0. The van der Waals surface area contributed by atoms with Crippen LogP contribution in [0.3, 0.4) is 0 Å². The largest absolute Gasteiger partial charge is 0.381 e. The molecule has 4 rings (SSSR count). The molecule has 2 unspecified atom stereocenters. The number of pyridine rings is 1. The lowest BCUT2D eigenvalue weighted by Gasteiger charge is -2.14. The van der Waals surface area contributed by atoms with Gasteiger partial charge >= 0.3 is 0 Å². The Morgan fingerprint density at radius 2 is 2.33 bits per heavy atom. The summed E-state index contributed by atoms with van der Waals surface area (Å²) in [6, 6.07) is 4.04. The summed E-state index contributed by atoms with van der Waals surface area (Å²) in [7, 11) is 0. The topological polar surface area (TPSA) is 52.0 Å². The van der Waals surface area contributed by atoms with Crippen molar-refractivity contribution in [3.8, 4) is 0 Å². The molecular formula is C16H22N4O. The predicted molar refractivity (Wildman–Crippen MR) is 81.1 cm³/mol. The number of rotatable bonds is 4. The van der Waals surface area contributed by atoms with Gasteiger partial charge in [-0.3, -0.25) is 0 Å². The summed E-state index contributed by atoms with van der Waals surface area (Å²) < 4.78 is 7.87. The molecule has 0 spiro atoms. The van der Waals surface area contributed by atoms with E-state index in [0.29, 0.717) is 11.8 Å². The minimum absolute atomic E-state index is 0.613. The molecule has 2 aliphatic heterocycles. The monoisotopic (exact) mass is 286 g/mol. The van der Waals surface area contributed by atoms with Crippen LogP contribution in [0.5, 0.6) is 0 Å². The highest BCUT2D eigenvalue weighted by Gasteiger charge is 2.23. The average Bonchev–Trinajstić information content (AvgIpc) is 3.23. The van der Waals surface area contributed by atoms with E-state index < -0.39 is 0 Å². The van der Waals surface area contributed by atoms with Gasteiger partial charge in [-0.2, -0.15) is 0 Å². The average molecular weight is 286 g/mol. The smallest absolute Gasteiger partial charge is 0.159 e. The van der Waals surface area contributed by atoms with Crippen LogP contribution in [0.1, 0.15) is 18.7 Å². The van der Waals surface area contributed by atoms with E-state index in [2.05, 4.69) is 20.9 Å². The van der Waals surface area contributed by atoms with Crippen molar-refractivity contribution in [1.29, 1.82) is 0 Å². The third kappa shape index (κ3) is 2.68. The number of hydrogen-bond acceptors (Lipinski definition) is 4. The Morgan fingerprint density at radius 3 is 3.14 bits per heavy atom. The number of nitrogens with one attached hydrogen (secondary N) is 1. The SMILES string of the molecule is c1cnc2c(c1)nc(CC1CCOC1)n2CC1CCNC1. The standard InChI is InChI=1S/C16H22N4O/c1-2-14-16(18-5-1)20(10-13-3-6-17-9-13)15(19-14)8-12-4-7-21-11-12/h1-2,5,12-13,17H,3-4,6-11H2. The van der Waals surface area contributed by atoms with Crippen LogP contribution in [0, 0.1) is 11.8 Å². The van der Waals surface area contributed by atoms with Crippen molar-refractivity contribution in [2.75, 3.05) is 26.3 Å². The molecule has 2 aromatic heterocycles. The van der Waals surface area contributed by atoms with E-state index in [0.717, 1.165) is 56.9 Å². The molecular weight excluding hydrogens is 264 g/mol. The van der Waals surface area contributed by atoms with Gasteiger partial charge in [-0.15, -0.1) is 0 Å². The molecule has 2 aliphatic rings. The molecule has 2 saturated heterocycles. The highest BCUT2D eigenvalue weighted by atomic mass is 16.5. The molecule has 5 nitrogen and oxygen atoms in total. The first-order valence-corrected chi connectivity index (χ1v) is 7.99. The molecule has 2 aromatic rings. The lowest BCUT2D eigenvalue weighted by molar-refractivity contribution is 0.185. The molecule has 0 radical (unpaired) electrons. The van der Waals surface area contributed by atoms with Crippen molar-refractivity contribution >= 4 is 11.2 Å². The molecule has 2 atom stereocenters. The van der Waals surface area contributed by atoms with Gasteiger partial charge in [0.1, 0.15) is 11.3 Å². The zero-order valence-electron chi connectivity index (χ0n) is 12.3. The van der Waals surface area contributed by atoms with Crippen LogP contribution in [-0.2, 0) is 17.7 Å². The second-order valence-corrected chi connectivity index (χ2v) is 6.28. The maximum Gasteiger partial charge on any atom is 0.159 e. The highest BCUT2D eigenvalue weighted by Crippen LogP contribution is 2.23.